The minimum absolute atomic E-state index is 0.265. The largest absolute Gasteiger partial charge is 0.454 e. The predicted molar refractivity (Wildman–Crippen MR) is 57.7 cm³/mol. The molecule has 0 radical (unpaired) electrons. The molecule has 0 aromatic heterocycles. The summed E-state index contributed by atoms with van der Waals surface area (Å²) < 4.78 is 19.0. The number of hydrogen-bond donors (Lipinski definition) is 0. The Labute approximate surface area is 88.1 Å². The lowest BCUT2D eigenvalue weighted by Crippen LogP contribution is -1.90. The third-order valence-corrected chi connectivity index (χ3v) is 2.13. The summed E-state index contributed by atoms with van der Waals surface area (Å²) in [6.45, 7) is 1.72. The Kier molecular flexibility index (Phi) is 2.68. The van der Waals surface area contributed by atoms with Gasteiger partial charge in [-0.3, -0.25) is 0 Å². The maximum absolute atomic E-state index is 13.6. The van der Waals surface area contributed by atoms with E-state index in [2.05, 4.69) is 0 Å². The first-order chi connectivity index (χ1) is 7.27. The number of ether oxygens (including phenoxy) is 1. The molecule has 0 saturated heterocycles. The fourth-order valence-corrected chi connectivity index (χ4v) is 1.31. The van der Waals surface area contributed by atoms with Crippen LogP contribution in [-0.2, 0) is 0 Å². The van der Waals surface area contributed by atoms with Crippen molar-refractivity contribution in [2.24, 2.45) is 0 Å². The number of rotatable bonds is 2. The molecule has 0 atom stereocenters. The maximum atomic E-state index is 13.6. The van der Waals surface area contributed by atoms with Crippen LogP contribution in [0.15, 0.2) is 48.5 Å². The average Bonchev–Trinajstić information content (AvgIpc) is 2.26. The van der Waals surface area contributed by atoms with E-state index < -0.39 is 0 Å². The summed E-state index contributed by atoms with van der Waals surface area (Å²) in [6.07, 6.45) is 0. The van der Waals surface area contributed by atoms with Crippen molar-refractivity contribution in [1.29, 1.82) is 0 Å². The van der Waals surface area contributed by atoms with Gasteiger partial charge in [0.15, 0.2) is 11.6 Å². The van der Waals surface area contributed by atoms with Crippen molar-refractivity contribution in [3.05, 3.63) is 59.9 Å². The van der Waals surface area contributed by atoms with Crippen LogP contribution in [0, 0.1) is 12.7 Å². The number of para-hydroxylation sites is 1. The molecule has 2 rings (SSSR count). The molecule has 0 aliphatic heterocycles. The fraction of sp³-hybridized carbons (Fsp3) is 0.0769. The molecule has 0 spiro atoms. The standard InChI is InChI=1S/C13H11FO/c1-10-6-5-9-12(13(10)14)15-11-7-3-2-4-8-11/h2-9H,1H3. The van der Waals surface area contributed by atoms with Crippen molar-refractivity contribution in [3.8, 4) is 11.5 Å². The molecule has 0 saturated carbocycles. The van der Waals surface area contributed by atoms with Crippen molar-refractivity contribution in [3.63, 3.8) is 0 Å². The van der Waals surface area contributed by atoms with Gasteiger partial charge in [-0.15, -0.1) is 0 Å². The first-order valence-corrected chi connectivity index (χ1v) is 4.75. The van der Waals surface area contributed by atoms with Crippen LogP contribution in [0.5, 0.6) is 11.5 Å². The van der Waals surface area contributed by atoms with Crippen molar-refractivity contribution in [2.75, 3.05) is 0 Å². The van der Waals surface area contributed by atoms with Gasteiger partial charge in [-0.25, -0.2) is 4.39 Å². The smallest absolute Gasteiger partial charge is 0.168 e. The number of halogens is 1. The first-order valence-electron chi connectivity index (χ1n) is 4.75. The molecule has 0 fully saturated rings. The highest BCUT2D eigenvalue weighted by Crippen LogP contribution is 2.25. The highest BCUT2D eigenvalue weighted by molar-refractivity contribution is 5.34. The van der Waals surface area contributed by atoms with E-state index in [0.29, 0.717) is 11.3 Å². The minimum atomic E-state index is -0.304. The molecule has 0 bridgehead atoms. The molecular weight excluding hydrogens is 191 g/mol. The first kappa shape index (κ1) is 9.71. The zero-order valence-electron chi connectivity index (χ0n) is 8.41. The van der Waals surface area contributed by atoms with Crippen molar-refractivity contribution >= 4 is 0 Å². The van der Waals surface area contributed by atoms with E-state index >= 15 is 0 Å². The molecule has 0 aliphatic rings. The lowest BCUT2D eigenvalue weighted by atomic mass is 10.2. The van der Waals surface area contributed by atoms with Gasteiger partial charge in [0.25, 0.3) is 0 Å². The van der Waals surface area contributed by atoms with E-state index in [9.17, 15) is 4.39 Å². The summed E-state index contributed by atoms with van der Waals surface area (Å²) in [4.78, 5) is 0. The van der Waals surface area contributed by atoms with Crippen LogP contribution in [0.4, 0.5) is 4.39 Å². The molecule has 0 heterocycles. The Hall–Kier alpha value is -1.83. The van der Waals surface area contributed by atoms with Gasteiger partial charge in [0.1, 0.15) is 5.75 Å². The van der Waals surface area contributed by atoms with Crippen LogP contribution in [-0.4, -0.2) is 0 Å². The third-order valence-electron chi connectivity index (χ3n) is 2.13. The summed E-state index contributed by atoms with van der Waals surface area (Å²) in [5.74, 6) is 0.601. The van der Waals surface area contributed by atoms with Crippen LogP contribution in [0.25, 0.3) is 0 Å². The van der Waals surface area contributed by atoms with Crippen LogP contribution < -0.4 is 4.74 Å². The lowest BCUT2D eigenvalue weighted by molar-refractivity contribution is 0.440. The molecule has 76 valence electrons. The third kappa shape index (κ3) is 2.15. The second-order valence-corrected chi connectivity index (χ2v) is 3.30. The summed E-state index contributed by atoms with van der Waals surface area (Å²) in [5, 5.41) is 0. The molecule has 2 aromatic rings. The summed E-state index contributed by atoms with van der Waals surface area (Å²) in [5.41, 5.74) is 0.587. The lowest BCUT2D eigenvalue weighted by Gasteiger charge is -2.07. The maximum Gasteiger partial charge on any atom is 0.168 e. The normalized spacial score (nSPS) is 10.0. The Morgan fingerprint density at radius 2 is 1.67 bits per heavy atom. The molecule has 15 heavy (non-hydrogen) atoms. The minimum Gasteiger partial charge on any atom is -0.454 e. The van der Waals surface area contributed by atoms with E-state index in [1.54, 1.807) is 37.3 Å². The van der Waals surface area contributed by atoms with E-state index in [-0.39, 0.29) is 11.6 Å². The van der Waals surface area contributed by atoms with Crippen molar-refractivity contribution < 1.29 is 9.13 Å². The van der Waals surface area contributed by atoms with E-state index in [1.807, 2.05) is 18.2 Å². The number of benzene rings is 2. The van der Waals surface area contributed by atoms with Crippen LogP contribution >= 0.6 is 0 Å². The second kappa shape index (κ2) is 4.13. The molecule has 0 unspecified atom stereocenters. The fourth-order valence-electron chi connectivity index (χ4n) is 1.31. The number of aryl methyl sites for hydroxylation is 1. The van der Waals surface area contributed by atoms with Gasteiger partial charge in [0.05, 0.1) is 0 Å². The van der Waals surface area contributed by atoms with Gasteiger partial charge < -0.3 is 4.74 Å². The SMILES string of the molecule is Cc1cccc(Oc2ccccc2)c1F. The summed E-state index contributed by atoms with van der Waals surface area (Å²) in [7, 11) is 0. The van der Waals surface area contributed by atoms with Crippen LogP contribution in [0.2, 0.25) is 0 Å². The Bertz CT molecular complexity index is 451. The van der Waals surface area contributed by atoms with Gasteiger partial charge in [0.2, 0.25) is 0 Å². The van der Waals surface area contributed by atoms with Crippen LogP contribution in [0.1, 0.15) is 5.56 Å². The van der Waals surface area contributed by atoms with E-state index in [1.165, 1.54) is 0 Å². The highest BCUT2D eigenvalue weighted by atomic mass is 19.1. The Balaban J connectivity index is 2.29. The molecule has 0 N–H and O–H groups in total. The molecule has 2 heteroatoms. The van der Waals surface area contributed by atoms with E-state index in [4.69, 9.17) is 4.74 Å². The molecule has 2 aromatic carbocycles. The Morgan fingerprint density at radius 3 is 2.40 bits per heavy atom. The highest BCUT2D eigenvalue weighted by Gasteiger charge is 2.05. The number of hydrogen-bond acceptors (Lipinski definition) is 1. The van der Waals surface area contributed by atoms with Crippen molar-refractivity contribution in [2.45, 2.75) is 6.92 Å². The second-order valence-electron chi connectivity index (χ2n) is 3.30. The topological polar surface area (TPSA) is 9.23 Å². The summed E-state index contributed by atoms with van der Waals surface area (Å²) >= 11 is 0. The molecule has 1 nitrogen and oxygen atoms in total. The molecular formula is C13H11FO. The van der Waals surface area contributed by atoms with Crippen LogP contribution in [0.3, 0.4) is 0 Å². The van der Waals surface area contributed by atoms with Gasteiger partial charge >= 0.3 is 0 Å². The monoisotopic (exact) mass is 202 g/mol. The molecule has 0 aliphatic carbocycles. The van der Waals surface area contributed by atoms with Gasteiger partial charge in [-0.2, -0.15) is 0 Å². The van der Waals surface area contributed by atoms with Crippen molar-refractivity contribution in [1.82, 2.24) is 0 Å². The Morgan fingerprint density at radius 1 is 0.933 bits per heavy atom. The summed E-state index contributed by atoms with van der Waals surface area (Å²) in [6, 6.07) is 14.3. The van der Waals surface area contributed by atoms with E-state index in [0.717, 1.165) is 0 Å². The molecule has 0 amide bonds. The van der Waals surface area contributed by atoms with Gasteiger partial charge in [-0.05, 0) is 30.7 Å². The predicted octanol–water partition coefficient (Wildman–Crippen LogP) is 3.93. The average molecular weight is 202 g/mol. The van der Waals surface area contributed by atoms with Gasteiger partial charge in [0, 0.05) is 0 Å². The zero-order valence-corrected chi connectivity index (χ0v) is 8.41. The van der Waals surface area contributed by atoms with Gasteiger partial charge in [-0.1, -0.05) is 30.3 Å². The zero-order chi connectivity index (χ0) is 10.7. The quantitative estimate of drug-likeness (QED) is 0.717.